The lowest BCUT2D eigenvalue weighted by Crippen LogP contribution is -2.17. The highest BCUT2D eigenvalue weighted by atomic mass is 16.5. The summed E-state index contributed by atoms with van der Waals surface area (Å²) < 4.78 is 11.4. The fraction of sp³-hybridized carbons (Fsp3) is 0.250. The predicted octanol–water partition coefficient (Wildman–Crippen LogP) is 2.73. The van der Waals surface area contributed by atoms with Crippen LogP contribution in [0.25, 0.3) is 0 Å². The van der Waals surface area contributed by atoms with E-state index in [0.29, 0.717) is 0 Å². The van der Waals surface area contributed by atoms with Crippen molar-refractivity contribution in [2.24, 2.45) is 0 Å². The summed E-state index contributed by atoms with van der Waals surface area (Å²) >= 11 is 0. The SMILES string of the molecule is BN(C)CCCOc1ccc(Oc2ccccc2)cc1. The first-order valence-corrected chi connectivity index (χ1v) is 6.84. The van der Waals surface area contributed by atoms with E-state index >= 15 is 0 Å². The van der Waals surface area contributed by atoms with Crippen molar-refractivity contribution >= 4 is 7.98 Å². The van der Waals surface area contributed by atoms with Gasteiger partial charge in [-0.1, -0.05) is 18.2 Å². The Morgan fingerprint density at radius 3 is 2.15 bits per heavy atom. The highest BCUT2D eigenvalue weighted by molar-refractivity contribution is 6.04. The summed E-state index contributed by atoms with van der Waals surface area (Å²) in [5.74, 6) is 2.54. The standard InChI is InChI=1S/C16H20BNO2/c1-18(17)12-5-13-19-14-8-10-16(11-9-14)20-15-6-3-2-4-7-15/h2-4,6-11H,5,12-13,17H2,1H3. The molecule has 0 aromatic heterocycles. The first-order valence-electron chi connectivity index (χ1n) is 6.84. The Kier molecular flexibility index (Phi) is 5.50. The molecule has 0 heterocycles. The summed E-state index contributed by atoms with van der Waals surface area (Å²) in [6, 6.07) is 17.5. The lowest BCUT2D eigenvalue weighted by atomic mass is 10.3. The van der Waals surface area contributed by atoms with Crippen LogP contribution in [0.1, 0.15) is 6.42 Å². The van der Waals surface area contributed by atoms with Gasteiger partial charge < -0.3 is 14.3 Å². The molecule has 0 unspecified atom stereocenters. The van der Waals surface area contributed by atoms with Crippen LogP contribution in [0.4, 0.5) is 0 Å². The smallest absolute Gasteiger partial charge is 0.185 e. The molecular weight excluding hydrogens is 249 g/mol. The molecule has 0 saturated carbocycles. The van der Waals surface area contributed by atoms with E-state index in [9.17, 15) is 0 Å². The Morgan fingerprint density at radius 1 is 0.900 bits per heavy atom. The van der Waals surface area contributed by atoms with Crippen LogP contribution in [-0.4, -0.2) is 33.0 Å². The zero-order valence-electron chi connectivity index (χ0n) is 12.1. The number of hydrogen-bond acceptors (Lipinski definition) is 3. The van der Waals surface area contributed by atoms with Crippen LogP contribution in [0.2, 0.25) is 0 Å². The lowest BCUT2D eigenvalue weighted by molar-refractivity contribution is 0.298. The first kappa shape index (κ1) is 14.5. The molecule has 0 spiro atoms. The van der Waals surface area contributed by atoms with Gasteiger partial charge in [-0.3, -0.25) is 0 Å². The van der Waals surface area contributed by atoms with Gasteiger partial charge in [0.2, 0.25) is 0 Å². The van der Waals surface area contributed by atoms with Crippen molar-refractivity contribution in [3.63, 3.8) is 0 Å². The van der Waals surface area contributed by atoms with Gasteiger partial charge in [0.05, 0.1) is 6.61 Å². The van der Waals surface area contributed by atoms with Crippen LogP contribution >= 0.6 is 0 Å². The minimum Gasteiger partial charge on any atom is -0.494 e. The largest absolute Gasteiger partial charge is 0.494 e. The molecule has 0 N–H and O–H groups in total. The minimum absolute atomic E-state index is 0.733. The summed E-state index contributed by atoms with van der Waals surface area (Å²) in [7, 11) is 4.13. The van der Waals surface area contributed by atoms with E-state index in [1.54, 1.807) is 0 Å². The number of ether oxygens (including phenoxy) is 2. The molecule has 0 bridgehead atoms. The maximum absolute atomic E-state index is 5.73. The minimum atomic E-state index is 0.733. The number of para-hydroxylation sites is 1. The molecule has 0 atom stereocenters. The Labute approximate surface area is 121 Å². The topological polar surface area (TPSA) is 21.7 Å². The van der Waals surface area contributed by atoms with E-state index in [1.165, 1.54) is 0 Å². The van der Waals surface area contributed by atoms with Crippen molar-refractivity contribution in [3.05, 3.63) is 54.6 Å². The monoisotopic (exact) mass is 269 g/mol. The van der Waals surface area contributed by atoms with Gasteiger partial charge in [0.1, 0.15) is 17.2 Å². The van der Waals surface area contributed by atoms with Crippen LogP contribution in [-0.2, 0) is 0 Å². The van der Waals surface area contributed by atoms with Gasteiger partial charge in [0.15, 0.2) is 7.98 Å². The molecule has 0 aliphatic heterocycles. The third-order valence-electron chi connectivity index (χ3n) is 2.82. The second-order valence-electron chi connectivity index (χ2n) is 4.89. The number of benzene rings is 2. The molecule has 2 aromatic rings. The molecule has 4 heteroatoms. The average Bonchev–Trinajstić information content (AvgIpc) is 2.46. The third-order valence-corrected chi connectivity index (χ3v) is 2.82. The van der Waals surface area contributed by atoms with Crippen LogP contribution in [0.3, 0.4) is 0 Å². The van der Waals surface area contributed by atoms with Crippen LogP contribution in [0, 0.1) is 0 Å². The van der Waals surface area contributed by atoms with Crippen LogP contribution in [0.15, 0.2) is 54.6 Å². The molecule has 0 amide bonds. The van der Waals surface area contributed by atoms with Gasteiger partial charge in [-0.25, -0.2) is 0 Å². The molecule has 0 aliphatic rings. The molecule has 0 saturated heterocycles. The quantitative estimate of drug-likeness (QED) is 0.570. The van der Waals surface area contributed by atoms with E-state index in [1.807, 2.05) is 54.6 Å². The second-order valence-corrected chi connectivity index (χ2v) is 4.89. The third kappa shape index (κ3) is 4.98. The lowest BCUT2D eigenvalue weighted by Gasteiger charge is -2.11. The number of hydrogen-bond donors (Lipinski definition) is 0. The van der Waals surface area contributed by atoms with Crippen molar-refractivity contribution in [1.29, 1.82) is 0 Å². The van der Waals surface area contributed by atoms with Crippen molar-refractivity contribution < 1.29 is 9.47 Å². The van der Waals surface area contributed by atoms with E-state index in [0.717, 1.165) is 36.8 Å². The van der Waals surface area contributed by atoms with Crippen molar-refractivity contribution in [2.75, 3.05) is 20.2 Å². The summed E-state index contributed by atoms with van der Waals surface area (Å²) in [6.45, 7) is 1.77. The van der Waals surface area contributed by atoms with Crippen LogP contribution in [0.5, 0.6) is 17.2 Å². The van der Waals surface area contributed by atoms with Gasteiger partial charge >= 0.3 is 0 Å². The summed E-state index contributed by atoms with van der Waals surface area (Å²) in [5.41, 5.74) is 0. The van der Waals surface area contributed by atoms with E-state index in [2.05, 4.69) is 19.8 Å². The molecule has 0 radical (unpaired) electrons. The Balaban J connectivity index is 1.81. The zero-order chi connectivity index (χ0) is 14.2. The predicted molar refractivity (Wildman–Crippen MR) is 84.2 cm³/mol. The van der Waals surface area contributed by atoms with Gasteiger partial charge in [-0.2, -0.15) is 0 Å². The Morgan fingerprint density at radius 2 is 1.50 bits per heavy atom. The van der Waals surface area contributed by atoms with E-state index in [-0.39, 0.29) is 0 Å². The Bertz CT molecular complexity index is 500. The van der Waals surface area contributed by atoms with Gasteiger partial charge in [0.25, 0.3) is 0 Å². The maximum atomic E-state index is 5.73. The summed E-state index contributed by atoms with van der Waals surface area (Å²) in [5, 5.41) is 0. The van der Waals surface area contributed by atoms with Crippen molar-refractivity contribution in [2.45, 2.75) is 6.42 Å². The maximum Gasteiger partial charge on any atom is 0.185 e. The van der Waals surface area contributed by atoms with Crippen LogP contribution < -0.4 is 9.47 Å². The molecule has 104 valence electrons. The first-order chi connectivity index (χ1) is 9.74. The average molecular weight is 269 g/mol. The number of rotatable bonds is 7. The Hall–Kier alpha value is -1.94. The van der Waals surface area contributed by atoms with E-state index < -0.39 is 0 Å². The van der Waals surface area contributed by atoms with Gasteiger partial charge in [-0.15, -0.1) is 0 Å². The molecule has 20 heavy (non-hydrogen) atoms. The molecular formula is C16H20BNO2. The molecule has 3 nitrogen and oxygen atoms in total. The highest BCUT2D eigenvalue weighted by Crippen LogP contribution is 2.23. The fourth-order valence-corrected chi connectivity index (χ4v) is 1.80. The van der Waals surface area contributed by atoms with Gasteiger partial charge in [0, 0.05) is 0 Å². The fourth-order valence-electron chi connectivity index (χ4n) is 1.80. The summed E-state index contributed by atoms with van der Waals surface area (Å²) in [6.07, 6.45) is 1.02. The second kappa shape index (κ2) is 7.60. The molecule has 0 aliphatic carbocycles. The van der Waals surface area contributed by atoms with Crippen molar-refractivity contribution in [3.8, 4) is 17.2 Å². The molecule has 2 rings (SSSR count). The van der Waals surface area contributed by atoms with Gasteiger partial charge in [-0.05, 0) is 56.4 Å². The van der Waals surface area contributed by atoms with E-state index in [4.69, 9.17) is 9.47 Å². The number of nitrogens with zero attached hydrogens (tertiary/aromatic N) is 1. The molecule has 2 aromatic carbocycles. The van der Waals surface area contributed by atoms with Crippen molar-refractivity contribution in [1.82, 2.24) is 4.81 Å². The molecule has 0 fully saturated rings. The highest BCUT2D eigenvalue weighted by Gasteiger charge is 1.98. The summed E-state index contributed by atoms with van der Waals surface area (Å²) in [4.78, 5) is 2.15. The zero-order valence-corrected chi connectivity index (χ0v) is 12.1. The normalized spacial score (nSPS) is 10.5.